The van der Waals surface area contributed by atoms with Gasteiger partial charge in [0, 0.05) is 53.6 Å². The number of hydrogen-bond donors (Lipinski definition) is 6. The Bertz CT molecular complexity index is 1980. The summed E-state index contributed by atoms with van der Waals surface area (Å²) in [6.45, 7) is 1.45. The molecule has 0 bridgehead atoms. The fourth-order valence-electron chi connectivity index (χ4n) is 6.14. The predicted octanol–water partition coefficient (Wildman–Crippen LogP) is 2.58. The van der Waals surface area contributed by atoms with Gasteiger partial charge in [0.25, 0.3) is 0 Å². The van der Waals surface area contributed by atoms with Gasteiger partial charge in [-0.1, -0.05) is 66.7 Å². The van der Waals surface area contributed by atoms with Crippen molar-refractivity contribution in [3.05, 3.63) is 108 Å². The highest BCUT2D eigenvalue weighted by atomic mass is 16.5. The van der Waals surface area contributed by atoms with E-state index < -0.39 is 53.8 Å². The molecule has 12 heteroatoms. The van der Waals surface area contributed by atoms with Crippen LogP contribution in [0.3, 0.4) is 0 Å². The molecule has 3 aromatic carbocycles. The summed E-state index contributed by atoms with van der Waals surface area (Å²) in [7, 11) is 0. The molecule has 2 aromatic heterocycles. The maximum Gasteiger partial charge on any atom is 0.307 e. The standard InChI is InChI=1S/C37H38N6O6/c1-22-34(43-32(44)17-23-9-3-2-4-10-23)37(48)42-31(19-25-21-40-29-14-8-6-12-27(25)29)36(47)41-30(35(46)38-16-15-33(45)49-22)18-24-20-39-28-13-7-5-11-26(24)28/h2-14,20-22,30-31,34,39-40H,15-19H2,1H3,(H,38,46)(H,41,47)(H,42,48)(H,43,44)/t22-,30?,31-,34+/m1/s1. The number of benzene rings is 3. The third kappa shape index (κ3) is 7.98. The molecule has 6 N–H and O–H groups in total. The maximum atomic E-state index is 14.1. The molecule has 1 aliphatic heterocycles. The smallest absolute Gasteiger partial charge is 0.307 e. The Kier molecular flexibility index (Phi) is 10.0. The van der Waals surface area contributed by atoms with Crippen molar-refractivity contribution in [3.8, 4) is 0 Å². The number of hydrogen-bond acceptors (Lipinski definition) is 6. The quantitative estimate of drug-likeness (QED) is 0.146. The Hall–Kier alpha value is -5.91. The second kappa shape index (κ2) is 14.9. The molecule has 1 saturated heterocycles. The van der Waals surface area contributed by atoms with Crippen LogP contribution in [0.1, 0.15) is 30.0 Å². The molecule has 252 valence electrons. The van der Waals surface area contributed by atoms with Gasteiger partial charge in [0.05, 0.1) is 12.8 Å². The van der Waals surface area contributed by atoms with Gasteiger partial charge in [0.2, 0.25) is 23.6 Å². The second-order valence-corrected chi connectivity index (χ2v) is 12.2. The van der Waals surface area contributed by atoms with Crippen LogP contribution in [0.5, 0.6) is 0 Å². The molecule has 49 heavy (non-hydrogen) atoms. The molecule has 6 rings (SSSR count). The number of amides is 4. The Morgan fingerprint density at radius 1 is 0.735 bits per heavy atom. The number of rotatable bonds is 7. The molecule has 3 heterocycles. The van der Waals surface area contributed by atoms with E-state index in [0.29, 0.717) is 0 Å². The number of cyclic esters (lactones) is 1. The molecule has 0 aliphatic carbocycles. The van der Waals surface area contributed by atoms with Crippen LogP contribution in [-0.2, 0) is 48.0 Å². The van der Waals surface area contributed by atoms with E-state index in [2.05, 4.69) is 31.2 Å². The first-order chi connectivity index (χ1) is 23.7. The molecule has 0 saturated carbocycles. The van der Waals surface area contributed by atoms with Crippen LogP contribution in [0.2, 0.25) is 0 Å². The van der Waals surface area contributed by atoms with Crippen molar-refractivity contribution in [1.82, 2.24) is 31.2 Å². The van der Waals surface area contributed by atoms with Crippen molar-refractivity contribution in [3.63, 3.8) is 0 Å². The number of esters is 1. The van der Waals surface area contributed by atoms with Gasteiger partial charge in [0.1, 0.15) is 24.2 Å². The van der Waals surface area contributed by atoms with Crippen LogP contribution in [-0.4, -0.2) is 70.3 Å². The molecule has 0 spiro atoms. The maximum absolute atomic E-state index is 14.1. The first-order valence-corrected chi connectivity index (χ1v) is 16.3. The average molecular weight is 663 g/mol. The summed E-state index contributed by atoms with van der Waals surface area (Å²) in [6, 6.07) is 20.7. The third-order valence-corrected chi connectivity index (χ3v) is 8.69. The van der Waals surface area contributed by atoms with Crippen molar-refractivity contribution in [2.75, 3.05) is 6.54 Å². The van der Waals surface area contributed by atoms with E-state index in [9.17, 15) is 24.0 Å². The summed E-state index contributed by atoms with van der Waals surface area (Å²) >= 11 is 0. The lowest BCUT2D eigenvalue weighted by molar-refractivity contribution is -0.152. The first-order valence-electron chi connectivity index (χ1n) is 16.3. The number of aromatic amines is 2. The number of carbonyl (C=O) groups excluding carboxylic acids is 5. The van der Waals surface area contributed by atoms with Crippen LogP contribution >= 0.6 is 0 Å². The molecule has 12 nitrogen and oxygen atoms in total. The molecule has 5 aromatic rings. The molecule has 1 unspecified atom stereocenters. The highest BCUT2D eigenvalue weighted by Crippen LogP contribution is 2.21. The summed E-state index contributed by atoms with van der Waals surface area (Å²) in [6.07, 6.45) is 2.51. The highest BCUT2D eigenvalue weighted by molar-refractivity contribution is 5.96. The lowest BCUT2D eigenvalue weighted by atomic mass is 10.0. The van der Waals surface area contributed by atoms with Crippen LogP contribution in [0.15, 0.2) is 91.3 Å². The molecule has 4 amide bonds. The number of fused-ring (bicyclic) bond motifs is 2. The number of ether oxygens (including phenoxy) is 1. The summed E-state index contributed by atoms with van der Waals surface area (Å²) < 4.78 is 5.57. The van der Waals surface area contributed by atoms with E-state index in [0.717, 1.165) is 38.5 Å². The fourth-order valence-corrected chi connectivity index (χ4v) is 6.14. The molecule has 1 aliphatic rings. The van der Waals surface area contributed by atoms with E-state index in [1.54, 1.807) is 36.7 Å². The zero-order chi connectivity index (χ0) is 34.3. The Labute approximate surface area is 282 Å². The largest absolute Gasteiger partial charge is 0.460 e. The summed E-state index contributed by atoms with van der Waals surface area (Å²) in [4.78, 5) is 74.0. The van der Waals surface area contributed by atoms with E-state index in [1.165, 1.54) is 6.92 Å². The molecular weight excluding hydrogens is 624 g/mol. The van der Waals surface area contributed by atoms with E-state index >= 15 is 0 Å². The first kappa shape index (κ1) is 33.0. The summed E-state index contributed by atoms with van der Waals surface area (Å²) in [5.41, 5.74) is 4.04. The van der Waals surface area contributed by atoms with Gasteiger partial charge in [-0.25, -0.2) is 0 Å². The number of H-pyrrole nitrogens is 2. The number of carbonyl (C=O) groups is 5. The van der Waals surface area contributed by atoms with Gasteiger partial charge in [-0.05, 0) is 35.7 Å². The van der Waals surface area contributed by atoms with Crippen LogP contribution in [0.4, 0.5) is 0 Å². The lowest BCUT2D eigenvalue weighted by Gasteiger charge is -2.28. The molecular formula is C37H38N6O6. The fraction of sp³-hybridized carbons (Fsp3) is 0.270. The highest BCUT2D eigenvalue weighted by Gasteiger charge is 2.35. The topological polar surface area (TPSA) is 174 Å². The third-order valence-electron chi connectivity index (χ3n) is 8.69. The van der Waals surface area contributed by atoms with Gasteiger partial charge in [-0.15, -0.1) is 0 Å². The van der Waals surface area contributed by atoms with Crippen molar-refractivity contribution in [1.29, 1.82) is 0 Å². The summed E-state index contributed by atoms with van der Waals surface area (Å²) in [5, 5.41) is 12.9. The van der Waals surface area contributed by atoms with E-state index in [-0.39, 0.29) is 32.2 Å². The van der Waals surface area contributed by atoms with Gasteiger partial charge in [-0.2, -0.15) is 0 Å². The lowest BCUT2D eigenvalue weighted by Crippen LogP contribution is -2.60. The van der Waals surface area contributed by atoms with Gasteiger partial charge in [0.15, 0.2) is 0 Å². The molecule has 0 radical (unpaired) electrons. The van der Waals surface area contributed by atoms with Crippen molar-refractivity contribution < 1.29 is 28.7 Å². The molecule has 1 fully saturated rings. The average Bonchev–Trinajstić information content (AvgIpc) is 3.70. The Morgan fingerprint density at radius 2 is 1.29 bits per heavy atom. The zero-order valence-electron chi connectivity index (χ0n) is 27.0. The number of aromatic nitrogens is 2. The minimum atomic E-state index is -1.31. The Morgan fingerprint density at radius 3 is 1.92 bits per heavy atom. The minimum absolute atomic E-state index is 0.00785. The number of para-hydroxylation sites is 2. The SMILES string of the molecule is C[C@H]1OC(=O)CCNC(=O)C(Cc2c[nH]c3ccccc23)NC(=O)[C@@H](Cc2c[nH]c3ccccc23)NC(=O)[C@H]1NC(=O)Cc1ccccc1. The van der Waals surface area contributed by atoms with Gasteiger partial charge in [-0.3, -0.25) is 24.0 Å². The minimum Gasteiger partial charge on any atom is -0.460 e. The normalized spacial score (nSPS) is 20.9. The van der Waals surface area contributed by atoms with Crippen LogP contribution in [0.25, 0.3) is 21.8 Å². The monoisotopic (exact) mass is 662 g/mol. The Balaban J connectivity index is 1.31. The summed E-state index contributed by atoms with van der Waals surface area (Å²) in [5.74, 6) is -2.91. The van der Waals surface area contributed by atoms with E-state index in [4.69, 9.17) is 4.74 Å². The van der Waals surface area contributed by atoms with Crippen LogP contribution < -0.4 is 21.3 Å². The number of nitrogens with one attached hydrogen (secondary N) is 6. The van der Waals surface area contributed by atoms with Crippen molar-refractivity contribution in [2.24, 2.45) is 0 Å². The van der Waals surface area contributed by atoms with E-state index in [1.807, 2.05) is 54.6 Å². The van der Waals surface area contributed by atoms with Crippen molar-refractivity contribution >= 4 is 51.4 Å². The van der Waals surface area contributed by atoms with Gasteiger partial charge < -0.3 is 36.0 Å². The van der Waals surface area contributed by atoms with Gasteiger partial charge >= 0.3 is 5.97 Å². The second-order valence-electron chi connectivity index (χ2n) is 12.2. The zero-order valence-corrected chi connectivity index (χ0v) is 27.0. The molecule has 4 atom stereocenters. The van der Waals surface area contributed by atoms with Crippen molar-refractivity contribution in [2.45, 2.75) is 56.8 Å². The van der Waals surface area contributed by atoms with Crippen LogP contribution in [0, 0.1) is 0 Å². The predicted molar refractivity (Wildman–Crippen MR) is 183 cm³/mol.